The van der Waals surface area contributed by atoms with Crippen molar-refractivity contribution in [3.05, 3.63) is 17.8 Å². The standard InChI is InChI=1S/C13H21N3O2/c1-13(2,3)10-7-8-11(15-14-10)16(4)9-5-6-12(17)18/h7-8H,5-6,9H2,1-4H3,(H,17,18). The van der Waals surface area contributed by atoms with Gasteiger partial charge in [-0.2, -0.15) is 5.10 Å². The van der Waals surface area contributed by atoms with E-state index in [4.69, 9.17) is 5.11 Å². The minimum Gasteiger partial charge on any atom is -0.481 e. The molecule has 1 heterocycles. The largest absolute Gasteiger partial charge is 0.481 e. The van der Waals surface area contributed by atoms with Crippen molar-refractivity contribution in [1.82, 2.24) is 10.2 Å². The second-order valence-corrected chi connectivity index (χ2v) is 5.45. The van der Waals surface area contributed by atoms with Crippen molar-refractivity contribution >= 4 is 11.8 Å². The van der Waals surface area contributed by atoms with E-state index >= 15 is 0 Å². The fraction of sp³-hybridized carbons (Fsp3) is 0.615. The lowest BCUT2D eigenvalue weighted by Crippen LogP contribution is -2.22. The smallest absolute Gasteiger partial charge is 0.303 e. The van der Waals surface area contributed by atoms with E-state index < -0.39 is 5.97 Å². The number of anilines is 1. The van der Waals surface area contributed by atoms with Crippen LogP contribution in [-0.4, -0.2) is 34.9 Å². The quantitative estimate of drug-likeness (QED) is 0.867. The molecule has 1 aromatic heterocycles. The Balaban J connectivity index is 2.59. The summed E-state index contributed by atoms with van der Waals surface area (Å²) in [6, 6.07) is 3.89. The van der Waals surface area contributed by atoms with E-state index in [-0.39, 0.29) is 11.8 Å². The molecular weight excluding hydrogens is 230 g/mol. The third-order valence-corrected chi connectivity index (χ3v) is 2.69. The molecule has 18 heavy (non-hydrogen) atoms. The fourth-order valence-corrected chi connectivity index (χ4v) is 1.51. The Morgan fingerprint density at radius 3 is 2.44 bits per heavy atom. The van der Waals surface area contributed by atoms with E-state index in [0.717, 1.165) is 11.5 Å². The molecule has 0 saturated carbocycles. The maximum absolute atomic E-state index is 10.4. The SMILES string of the molecule is CN(CCCC(=O)O)c1ccc(C(C)(C)C)nn1. The summed E-state index contributed by atoms with van der Waals surface area (Å²) in [6.07, 6.45) is 0.784. The zero-order chi connectivity index (χ0) is 13.8. The van der Waals surface area contributed by atoms with Crippen molar-refractivity contribution < 1.29 is 9.90 Å². The van der Waals surface area contributed by atoms with E-state index in [2.05, 4.69) is 31.0 Å². The summed E-state index contributed by atoms with van der Waals surface area (Å²) in [5.74, 6) is 0.00551. The lowest BCUT2D eigenvalue weighted by molar-refractivity contribution is -0.137. The molecule has 0 aliphatic carbocycles. The minimum absolute atomic E-state index is 0.00654. The molecule has 0 radical (unpaired) electrons. The zero-order valence-corrected chi connectivity index (χ0v) is 11.5. The average Bonchev–Trinajstić information content (AvgIpc) is 2.27. The zero-order valence-electron chi connectivity index (χ0n) is 11.5. The monoisotopic (exact) mass is 251 g/mol. The summed E-state index contributed by atoms with van der Waals surface area (Å²) in [5, 5.41) is 17.0. The van der Waals surface area contributed by atoms with Gasteiger partial charge in [0.05, 0.1) is 5.69 Å². The van der Waals surface area contributed by atoms with Gasteiger partial charge in [0.1, 0.15) is 0 Å². The number of carboxylic acid groups (broad SMARTS) is 1. The van der Waals surface area contributed by atoms with Crippen LogP contribution in [0, 0.1) is 0 Å². The number of nitrogens with zero attached hydrogens (tertiary/aromatic N) is 3. The predicted molar refractivity (Wildman–Crippen MR) is 70.9 cm³/mol. The Hall–Kier alpha value is -1.65. The van der Waals surface area contributed by atoms with Crippen molar-refractivity contribution in [2.24, 2.45) is 0 Å². The summed E-state index contributed by atoms with van der Waals surface area (Å²) >= 11 is 0. The van der Waals surface area contributed by atoms with Gasteiger partial charge in [0.25, 0.3) is 0 Å². The first-order chi connectivity index (χ1) is 8.30. The van der Waals surface area contributed by atoms with E-state index in [1.807, 2.05) is 24.1 Å². The first-order valence-electron chi connectivity index (χ1n) is 6.08. The summed E-state index contributed by atoms with van der Waals surface area (Å²) in [4.78, 5) is 12.3. The molecule has 5 nitrogen and oxygen atoms in total. The van der Waals surface area contributed by atoms with Gasteiger partial charge in [-0.25, -0.2) is 0 Å². The van der Waals surface area contributed by atoms with Crippen LogP contribution in [0.4, 0.5) is 5.82 Å². The maximum atomic E-state index is 10.4. The van der Waals surface area contributed by atoms with Crippen molar-refractivity contribution in [2.75, 3.05) is 18.5 Å². The van der Waals surface area contributed by atoms with Gasteiger partial charge in [-0.05, 0) is 18.6 Å². The van der Waals surface area contributed by atoms with Crippen LogP contribution in [0.25, 0.3) is 0 Å². The maximum Gasteiger partial charge on any atom is 0.303 e. The number of aliphatic carboxylic acids is 1. The van der Waals surface area contributed by atoms with Crippen LogP contribution in [0.5, 0.6) is 0 Å². The Labute approximate surface area is 108 Å². The van der Waals surface area contributed by atoms with Crippen LogP contribution in [0.3, 0.4) is 0 Å². The lowest BCUT2D eigenvalue weighted by Gasteiger charge is -2.20. The van der Waals surface area contributed by atoms with Crippen molar-refractivity contribution in [2.45, 2.75) is 39.0 Å². The van der Waals surface area contributed by atoms with Gasteiger partial charge in [-0.1, -0.05) is 20.8 Å². The Morgan fingerprint density at radius 1 is 1.33 bits per heavy atom. The lowest BCUT2D eigenvalue weighted by atomic mass is 9.92. The van der Waals surface area contributed by atoms with Crippen LogP contribution in [0.2, 0.25) is 0 Å². The highest BCUT2D eigenvalue weighted by Crippen LogP contribution is 2.20. The van der Waals surface area contributed by atoms with Gasteiger partial charge in [0.15, 0.2) is 5.82 Å². The Kier molecular flexibility index (Phi) is 4.64. The highest BCUT2D eigenvalue weighted by molar-refractivity contribution is 5.66. The van der Waals surface area contributed by atoms with Crippen molar-refractivity contribution in [3.63, 3.8) is 0 Å². The molecule has 1 rings (SSSR count). The number of hydrogen-bond donors (Lipinski definition) is 1. The molecule has 0 aliphatic rings. The van der Waals surface area contributed by atoms with Gasteiger partial charge in [0.2, 0.25) is 0 Å². The topological polar surface area (TPSA) is 66.3 Å². The number of carbonyl (C=O) groups is 1. The second kappa shape index (κ2) is 5.80. The number of hydrogen-bond acceptors (Lipinski definition) is 4. The Morgan fingerprint density at radius 2 is 2.00 bits per heavy atom. The highest BCUT2D eigenvalue weighted by atomic mass is 16.4. The average molecular weight is 251 g/mol. The summed E-state index contributed by atoms with van der Waals surface area (Å²) < 4.78 is 0. The molecule has 0 unspecified atom stereocenters. The third-order valence-electron chi connectivity index (χ3n) is 2.69. The summed E-state index contributed by atoms with van der Waals surface area (Å²) in [7, 11) is 1.89. The molecule has 0 aromatic carbocycles. The molecule has 0 saturated heterocycles. The third kappa shape index (κ3) is 4.31. The number of aromatic nitrogens is 2. The van der Waals surface area contributed by atoms with Gasteiger partial charge >= 0.3 is 5.97 Å². The number of carboxylic acids is 1. The Bertz CT molecular complexity index is 396. The molecule has 5 heteroatoms. The van der Waals surface area contributed by atoms with E-state index in [1.54, 1.807) is 0 Å². The normalized spacial score (nSPS) is 11.3. The second-order valence-electron chi connectivity index (χ2n) is 5.45. The number of rotatable bonds is 5. The van der Waals surface area contributed by atoms with Crippen LogP contribution in [0.15, 0.2) is 12.1 Å². The molecule has 0 fully saturated rings. The van der Waals surface area contributed by atoms with E-state index in [0.29, 0.717) is 13.0 Å². The molecule has 0 atom stereocenters. The van der Waals surface area contributed by atoms with Crippen LogP contribution >= 0.6 is 0 Å². The van der Waals surface area contributed by atoms with Crippen molar-refractivity contribution in [1.29, 1.82) is 0 Å². The first-order valence-corrected chi connectivity index (χ1v) is 6.08. The fourth-order valence-electron chi connectivity index (χ4n) is 1.51. The summed E-state index contributed by atoms with van der Waals surface area (Å²) in [6.45, 7) is 6.93. The predicted octanol–water partition coefficient (Wildman–Crippen LogP) is 2.08. The molecule has 0 spiro atoms. The van der Waals surface area contributed by atoms with Crippen LogP contribution in [0.1, 0.15) is 39.3 Å². The van der Waals surface area contributed by atoms with Gasteiger partial charge in [-0.15, -0.1) is 5.10 Å². The van der Waals surface area contributed by atoms with E-state index in [9.17, 15) is 4.79 Å². The summed E-state index contributed by atoms with van der Waals surface area (Å²) in [5.41, 5.74) is 0.943. The highest BCUT2D eigenvalue weighted by Gasteiger charge is 2.16. The molecule has 0 bridgehead atoms. The van der Waals surface area contributed by atoms with Gasteiger partial charge in [-0.3, -0.25) is 4.79 Å². The van der Waals surface area contributed by atoms with E-state index in [1.165, 1.54) is 0 Å². The van der Waals surface area contributed by atoms with Crippen LogP contribution in [-0.2, 0) is 10.2 Å². The molecule has 100 valence electrons. The first kappa shape index (κ1) is 14.4. The molecular formula is C13H21N3O2. The molecule has 0 aliphatic heterocycles. The molecule has 1 aromatic rings. The molecule has 1 N–H and O–H groups in total. The minimum atomic E-state index is -0.766. The van der Waals surface area contributed by atoms with Crippen molar-refractivity contribution in [3.8, 4) is 0 Å². The molecule has 0 amide bonds. The van der Waals surface area contributed by atoms with Crippen LogP contribution < -0.4 is 4.90 Å². The van der Waals surface area contributed by atoms with Gasteiger partial charge < -0.3 is 10.0 Å². The van der Waals surface area contributed by atoms with Gasteiger partial charge in [0, 0.05) is 25.4 Å².